The van der Waals surface area contributed by atoms with E-state index in [2.05, 4.69) is 69.4 Å². The van der Waals surface area contributed by atoms with Gasteiger partial charge in [-0.2, -0.15) is 0 Å². The SMILES string of the molecule is CC\C=C/C=C\C=C/C=C\C=C/CCCCCC(=O)OC(COC(=O)CCCCC/C=C\CCCCCCCC)COC(=O)CCCCCCC/C=C\C=C/CCCCCCCCC. The minimum absolute atomic E-state index is 0.109. The largest absolute Gasteiger partial charge is 0.462 e. The maximum absolute atomic E-state index is 12.8. The highest BCUT2D eigenvalue weighted by Crippen LogP contribution is 2.13. The molecule has 6 heteroatoms. The summed E-state index contributed by atoms with van der Waals surface area (Å²) in [4.78, 5) is 38.0. The Bertz CT molecular complexity index is 1300. The highest BCUT2D eigenvalue weighted by atomic mass is 16.6. The normalized spacial score (nSPS) is 12.9. The van der Waals surface area contributed by atoms with Crippen molar-refractivity contribution in [3.05, 3.63) is 97.2 Å². The third kappa shape index (κ3) is 49.3. The molecular formula is C58H96O6. The number of esters is 3. The van der Waals surface area contributed by atoms with Crippen LogP contribution in [0.3, 0.4) is 0 Å². The maximum atomic E-state index is 12.8. The lowest BCUT2D eigenvalue weighted by Gasteiger charge is -2.18. The van der Waals surface area contributed by atoms with Gasteiger partial charge in [0.25, 0.3) is 0 Å². The molecular weight excluding hydrogens is 793 g/mol. The maximum Gasteiger partial charge on any atom is 0.306 e. The second-order valence-electron chi connectivity index (χ2n) is 17.2. The van der Waals surface area contributed by atoms with Crippen LogP contribution in [0.15, 0.2) is 97.2 Å². The Morgan fingerprint density at radius 2 is 0.625 bits per heavy atom. The summed E-state index contributed by atoms with van der Waals surface area (Å²) in [5, 5.41) is 0. The summed E-state index contributed by atoms with van der Waals surface area (Å²) in [6, 6.07) is 0. The van der Waals surface area contributed by atoms with E-state index in [9.17, 15) is 14.4 Å². The number of hydrogen-bond donors (Lipinski definition) is 0. The molecule has 364 valence electrons. The molecule has 0 N–H and O–H groups in total. The lowest BCUT2D eigenvalue weighted by Crippen LogP contribution is -2.30. The molecule has 1 atom stereocenters. The molecule has 0 aromatic heterocycles. The Hall–Kier alpha value is -3.67. The van der Waals surface area contributed by atoms with Crippen molar-refractivity contribution >= 4 is 17.9 Å². The average Bonchev–Trinajstić information content (AvgIpc) is 3.29. The van der Waals surface area contributed by atoms with E-state index in [0.717, 1.165) is 96.3 Å². The number of carbonyl (C=O) groups excluding carboxylic acids is 3. The lowest BCUT2D eigenvalue weighted by atomic mass is 10.1. The smallest absolute Gasteiger partial charge is 0.306 e. The molecule has 0 amide bonds. The molecule has 0 spiro atoms. The quantitative estimate of drug-likeness (QED) is 0.0199. The van der Waals surface area contributed by atoms with Crippen molar-refractivity contribution in [1.29, 1.82) is 0 Å². The summed E-state index contributed by atoms with van der Waals surface area (Å²) in [5.41, 5.74) is 0. The zero-order valence-electron chi connectivity index (χ0n) is 41.5. The van der Waals surface area contributed by atoms with Gasteiger partial charge in [0, 0.05) is 19.3 Å². The number of rotatable bonds is 46. The standard InChI is InChI=1S/C58H96O6/c1-4-7-10-13-16-19-22-25-27-28-29-31-33-36-39-42-45-48-51-57(60)63-54-55(53-62-56(59)50-47-44-41-38-35-32-24-21-18-15-12-9-6-3)64-58(61)52-49-46-43-40-37-34-30-26-23-20-17-14-11-8-5-2/h8,11,14,17,20,23,26-32,34-35,37,55H,4-7,9-10,12-13,15-16,18-19,21-22,24-25,33,36,38-54H2,1-3H3/b11-8-,17-14-,23-20-,28-27-,30-26-,31-29-,35-32-,37-34-. The molecule has 0 aromatic rings. The summed E-state index contributed by atoms with van der Waals surface area (Å²) in [5.74, 6) is -0.983. The van der Waals surface area contributed by atoms with Crippen LogP contribution in [0.5, 0.6) is 0 Å². The highest BCUT2D eigenvalue weighted by molar-refractivity contribution is 5.71. The zero-order valence-corrected chi connectivity index (χ0v) is 41.5. The van der Waals surface area contributed by atoms with E-state index in [4.69, 9.17) is 14.2 Å². The predicted molar refractivity (Wildman–Crippen MR) is 274 cm³/mol. The topological polar surface area (TPSA) is 78.9 Å². The van der Waals surface area contributed by atoms with Crippen molar-refractivity contribution in [3.8, 4) is 0 Å². The van der Waals surface area contributed by atoms with Gasteiger partial charge in [-0.25, -0.2) is 0 Å². The Morgan fingerprint density at radius 3 is 1.03 bits per heavy atom. The minimum atomic E-state index is -0.813. The van der Waals surface area contributed by atoms with Gasteiger partial charge in [-0.05, 0) is 89.9 Å². The Kier molecular flexibility index (Phi) is 49.0. The van der Waals surface area contributed by atoms with E-state index >= 15 is 0 Å². The first-order chi connectivity index (χ1) is 31.5. The Morgan fingerprint density at radius 1 is 0.328 bits per heavy atom. The molecule has 1 unspecified atom stereocenters. The molecule has 0 aliphatic carbocycles. The van der Waals surface area contributed by atoms with E-state index < -0.39 is 6.10 Å². The molecule has 0 heterocycles. The van der Waals surface area contributed by atoms with Crippen LogP contribution in [-0.4, -0.2) is 37.2 Å². The zero-order chi connectivity index (χ0) is 46.5. The molecule has 0 aliphatic rings. The van der Waals surface area contributed by atoms with Gasteiger partial charge in [-0.15, -0.1) is 0 Å². The molecule has 0 rings (SSSR count). The number of ether oxygens (including phenoxy) is 3. The van der Waals surface area contributed by atoms with Gasteiger partial charge in [0.1, 0.15) is 13.2 Å². The minimum Gasteiger partial charge on any atom is -0.462 e. The molecule has 6 nitrogen and oxygen atoms in total. The van der Waals surface area contributed by atoms with Gasteiger partial charge in [0.05, 0.1) is 0 Å². The second kappa shape index (κ2) is 52.0. The van der Waals surface area contributed by atoms with Gasteiger partial charge < -0.3 is 14.2 Å². The molecule has 0 fully saturated rings. The van der Waals surface area contributed by atoms with E-state index in [1.165, 1.54) is 89.9 Å². The molecule has 64 heavy (non-hydrogen) atoms. The van der Waals surface area contributed by atoms with Crippen LogP contribution in [0.25, 0.3) is 0 Å². The first-order valence-electron chi connectivity index (χ1n) is 26.3. The van der Waals surface area contributed by atoms with E-state index in [-0.39, 0.29) is 37.5 Å². The van der Waals surface area contributed by atoms with Crippen LogP contribution in [0.1, 0.15) is 233 Å². The monoisotopic (exact) mass is 889 g/mol. The van der Waals surface area contributed by atoms with Crippen molar-refractivity contribution in [1.82, 2.24) is 0 Å². The number of hydrogen-bond acceptors (Lipinski definition) is 6. The lowest BCUT2D eigenvalue weighted by molar-refractivity contribution is -0.167. The average molecular weight is 889 g/mol. The van der Waals surface area contributed by atoms with E-state index in [0.29, 0.717) is 19.3 Å². The summed E-state index contributed by atoms with van der Waals surface area (Å²) < 4.78 is 16.7. The van der Waals surface area contributed by atoms with Gasteiger partial charge in [-0.3, -0.25) is 14.4 Å². The summed E-state index contributed by atoms with van der Waals surface area (Å²) >= 11 is 0. The first-order valence-corrected chi connectivity index (χ1v) is 26.3. The first kappa shape index (κ1) is 60.3. The predicted octanol–water partition coefficient (Wildman–Crippen LogP) is 17.4. The van der Waals surface area contributed by atoms with Crippen LogP contribution in [0, 0.1) is 0 Å². The van der Waals surface area contributed by atoms with Gasteiger partial charge >= 0.3 is 17.9 Å². The second-order valence-corrected chi connectivity index (χ2v) is 17.2. The van der Waals surface area contributed by atoms with Crippen molar-refractivity contribution < 1.29 is 28.6 Å². The van der Waals surface area contributed by atoms with Crippen LogP contribution in [-0.2, 0) is 28.6 Å². The van der Waals surface area contributed by atoms with Crippen LogP contribution >= 0.6 is 0 Å². The fraction of sp³-hybridized carbons (Fsp3) is 0.672. The Labute approximate surface area is 394 Å². The fourth-order valence-electron chi connectivity index (χ4n) is 6.98. The van der Waals surface area contributed by atoms with Crippen molar-refractivity contribution in [3.63, 3.8) is 0 Å². The molecule has 0 saturated heterocycles. The van der Waals surface area contributed by atoms with Crippen molar-refractivity contribution in [2.24, 2.45) is 0 Å². The van der Waals surface area contributed by atoms with E-state index in [1.807, 2.05) is 48.6 Å². The number of unbranched alkanes of at least 4 members (excludes halogenated alkanes) is 24. The molecule has 0 bridgehead atoms. The van der Waals surface area contributed by atoms with Crippen LogP contribution in [0.4, 0.5) is 0 Å². The van der Waals surface area contributed by atoms with Crippen molar-refractivity contribution in [2.75, 3.05) is 13.2 Å². The van der Waals surface area contributed by atoms with Gasteiger partial charge in [0.2, 0.25) is 0 Å². The highest BCUT2D eigenvalue weighted by Gasteiger charge is 2.19. The van der Waals surface area contributed by atoms with Gasteiger partial charge in [-0.1, -0.05) is 221 Å². The van der Waals surface area contributed by atoms with Gasteiger partial charge in [0.15, 0.2) is 6.10 Å². The molecule has 0 radical (unpaired) electrons. The fourth-order valence-corrected chi connectivity index (χ4v) is 6.98. The molecule has 0 aromatic carbocycles. The number of carbonyl (C=O) groups is 3. The van der Waals surface area contributed by atoms with Crippen molar-refractivity contribution in [2.45, 2.75) is 239 Å². The summed E-state index contributed by atoms with van der Waals surface area (Å²) in [7, 11) is 0. The summed E-state index contributed by atoms with van der Waals surface area (Å²) in [6.07, 6.45) is 68.2. The van der Waals surface area contributed by atoms with Crippen LogP contribution in [0.2, 0.25) is 0 Å². The third-order valence-electron chi connectivity index (χ3n) is 10.9. The third-order valence-corrected chi connectivity index (χ3v) is 10.9. The molecule has 0 saturated carbocycles. The van der Waals surface area contributed by atoms with Crippen LogP contribution < -0.4 is 0 Å². The number of allylic oxidation sites excluding steroid dienone is 16. The Balaban J connectivity index is 4.50. The molecule has 0 aliphatic heterocycles. The summed E-state index contributed by atoms with van der Waals surface area (Å²) in [6.45, 7) is 6.41. The van der Waals surface area contributed by atoms with E-state index in [1.54, 1.807) is 0 Å².